The first-order valence-electron chi connectivity index (χ1n) is 6.00. The van der Waals surface area contributed by atoms with E-state index >= 15 is 0 Å². The van der Waals surface area contributed by atoms with E-state index in [1.54, 1.807) is 18.2 Å². The second-order valence-electron chi connectivity index (χ2n) is 4.46. The van der Waals surface area contributed by atoms with Crippen LogP contribution in [0.25, 0.3) is 0 Å². The van der Waals surface area contributed by atoms with Gasteiger partial charge < -0.3 is 11.1 Å². The predicted octanol–water partition coefficient (Wildman–Crippen LogP) is 3.39. The van der Waals surface area contributed by atoms with E-state index in [0.717, 1.165) is 5.56 Å². The van der Waals surface area contributed by atoms with Gasteiger partial charge in [-0.15, -0.1) is 0 Å². The van der Waals surface area contributed by atoms with Crippen molar-refractivity contribution < 1.29 is 9.72 Å². The summed E-state index contributed by atoms with van der Waals surface area (Å²) in [6.45, 7) is 1.82. The fourth-order valence-electron chi connectivity index (χ4n) is 1.82. The number of benzene rings is 2. The molecule has 21 heavy (non-hydrogen) atoms. The smallest absolute Gasteiger partial charge is 0.292 e. The minimum Gasteiger partial charge on any atom is -0.398 e. The molecule has 0 saturated carbocycles. The number of hydrogen-bond donors (Lipinski definition) is 2. The summed E-state index contributed by atoms with van der Waals surface area (Å²) < 4.78 is 0. The van der Waals surface area contributed by atoms with E-state index in [4.69, 9.17) is 17.3 Å². The number of nitrogen functional groups attached to an aromatic ring is 1. The van der Waals surface area contributed by atoms with Crippen molar-refractivity contribution in [2.24, 2.45) is 0 Å². The maximum Gasteiger partial charge on any atom is 0.292 e. The van der Waals surface area contributed by atoms with Crippen molar-refractivity contribution in [1.82, 2.24) is 0 Å². The molecular weight excluding hydrogens is 294 g/mol. The van der Waals surface area contributed by atoms with Crippen molar-refractivity contribution in [2.75, 3.05) is 11.1 Å². The van der Waals surface area contributed by atoms with Gasteiger partial charge in [0.2, 0.25) is 0 Å². The zero-order chi connectivity index (χ0) is 15.6. The number of nitrogens with zero attached hydrogens (tertiary/aromatic N) is 1. The number of amides is 1. The largest absolute Gasteiger partial charge is 0.398 e. The quantitative estimate of drug-likeness (QED) is 0.516. The van der Waals surface area contributed by atoms with Gasteiger partial charge in [-0.25, -0.2) is 0 Å². The Balaban J connectivity index is 2.38. The molecule has 2 aromatic carbocycles. The molecule has 6 nitrogen and oxygen atoms in total. The zero-order valence-corrected chi connectivity index (χ0v) is 11.8. The average Bonchev–Trinajstić information content (AvgIpc) is 2.41. The standard InChI is InChI=1S/C14H12ClN3O3/c1-8-2-4-11(16)10(6-8)14(19)17-12-7-9(15)3-5-13(12)18(20)21/h2-7H,16H2,1H3,(H,17,19). The highest BCUT2D eigenvalue weighted by molar-refractivity contribution is 6.31. The van der Waals surface area contributed by atoms with Gasteiger partial charge in [0.1, 0.15) is 5.69 Å². The number of carbonyl (C=O) groups excluding carboxylic acids is 1. The van der Waals surface area contributed by atoms with Crippen LogP contribution in [0.4, 0.5) is 17.1 Å². The van der Waals surface area contributed by atoms with Gasteiger partial charge in [-0.05, 0) is 31.2 Å². The number of aryl methyl sites for hydroxylation is 1. The molecular formula is C14H12ClN3O3. The number of nitro groups is 1. The van der Waals surface area contributed by atoms with Crippen molar-refractivity contribution >= 4 is 34.6 Å². The Labute approximate surface area is 125 Å². The Hall–Kier alpha value is -2.60. The highest BCUT2D eigenvalue weighted by atomic mass is 35.5. The number of nitrogens with one attached hydrogen (secondary N) is 1. The molecule has 2 aromatic rings. The number of halogens is 1. The average molecular weight is 306 g/mol. The molecule has 7 heteroatoms. The van der Waals surface area contributed by atoms with Crippen molar-refractivity contribution in [2.45, 2.75) is 6.92 Å². The Kier molecular flexibility index (Phi) is 4.09. The molecule has 0 fully saturated rings. The molecule has 0 saturated heterocycles. The summed E-state index contributed by atoms with van der Waals surface area (Å²) >= 11 is 5.81. The van der Waals surface area contributed by atoms with Gasteiger partial charge in [-0.2, -0.15) is 0 Å². The lowest BCUT2D eigenvalue weighted by molar-refractivity contribution is -0.383. The summed E-state index contributed by atoms with van der Waals surface area (Å²) in [4.78, 5) is 22.6. The van der Waals surface area contributed by atoms with Crippen LogP contribution in [0.5, 0.6) is 0 Å². The summed E-state index contributed by atoms with van der Waals surface area (Å²) in [7, 11) is 0. The van der Waals surface area contributed by atoms with Crippen molar-refractivity contribution in [3.8, 4) is 0 Å². The maximum atomic E-state index is 12.2. The summed E-state index contributed by atoms with van der Waals surface area (Å²) in [5.41, 5.74) is 6.94. The molecule has 108 valence electrons. The number of rotatable bonds is 3. The normalized spacial score (nSPS) is 10.2. The number of nitrogens with two attached hydrogens (primary N) is 1. The second-order valence-corrected chi connectivity index (χ2v) is 4.90. The lowest BCUT2D eigenvalue weighted by Gasteiger charge is -2.09. The van der Waals surface area contributed by atoms with Gasteiger partial charge in [0.15, 0.2) is 0 Å². The van der Waals surface area contributed by atoms with E-state index in [1.165, 1.54) is 18.2 Å². The fraction of sp³-hybridized carbons (Fsp3) is 0.0714. The predicted molar refractivity (Wildman–Crippen MR) is 81.7 cm³/mol. The van der Waals surface area contributed by atoms with Crippen molar-refractivity contribution in [3.63, 3.8) is 0 Å². The van der Waals surface area contributed by atoms with Gasteiger partial charge >= 0.3 is 0 Å². The summed E-state index contributed by atoms with van der Waals surface area (Å²) in [6.07, 6.45) is 0. The SMILES string of the molecule is Cc1ccc(N)c(C(=O)Nc2cc(Cl)ccc2[N+](=O)[O-])c1. The van der Waals surface area contributed by atoms with E-state index < -0.39 is 10.8 Å². The number of nitro benzene ring substituents is 1. The van der Waals surface area contributed by atoms with Crippen LogP contribution in [0.2, 0.25) is 5.02 Å². The van der Waals surface area contributed by atoms with Gasteiger partial charge in [0, 0.05) is 16.8 Å². The summed E-state index contributed by atoms with van der Waals surface area (Å²) in [6, 6.07) is 8.93. The first-order valence-corrected chi connectivity index (χ1v) is 6.37. The summed E-state index contributed by atoms with van der Waals surface area (Å²) in [5.74, 6) is -0.526. The molecule has 0 heterocycles. The van der Waals surface area contributed by atoms with Gasteiger partial charge in [0.05, 0.1) is 10.5 Å². The van der Waals surface area contributed by atoms with Crippen LogP contribution in [0, 0.1) is 17.0 Å². The summed E-state index contributed by atoms with van der Waals surface area (Å²) in [5, 5.41) is 13.7. The number of hydrogen-bond acceptors (Lipinski definition) is 4. The molecule has 0 aliphatic heterocycles. The Morgan fingerprint density at radius 3 is 2.67 bits per heavy atom. The maximum absolute atomic E-state index is 12.2. The molecule has 0 aliphatic rings. The second kappa shape index (κ2) is 5.80. The minimum absolute atomic E-state index is 0.0263. The van der Waals surface area contributed by atoms with Crippen LogP contribution in [-0.2, 0) is 0 Å². The van der Waals surface area contributed by atoms with Crippen molar-refractivity contribution in [3.05, 3.63) is 62.7 Å². The first-order chi connectivity index (χ1) is 9.88. The Morgan fingerprint density at radius 1 is 1.29 bits per heavy atom. The van der Waals surface area contributed by atoms with Crippen LogP contribution < -0.4 is 11.1 Å². The molecule has 0 aromatic heterocycles. The monoisotopic (exact) mass is 305 g/mol. The molecule has 0 aliphatic carbocycles. The number of anilines is 2. The van der Waals surface area contributed by atoms with E-state index in [1.807, 2.05) is 6.92 Å². The highest BCUT2D eigenvalue weighted by Gasteiger charge is 2.18. The minimum atomic E-state index is -0.592. The van der Waals surface area contributed by atoms with Crippen LogP contribution >= 0.6 is 11.6 Å². The van der Waals surface area contributed by atoms with Crippen molar-refractivity contribution in [1.29, 1.82) is 0 Å². The number of carbonyl (C=O) groups is 1. The molecule has 0 spiro atoms. The first kappa shape index (κ1) is 14.8. The van der Waals surface area contributed by atoms with E-state index in [9.17, 15) is 14.9 Å². The third kappa shape index (κ3) is 3.29. The fourth-order valence-corrected chi connectivity index (χ4v) is 2.00. The van der Waals surface area contributed by atoms with Gasteiger partial charge in [0.25, 0.3) is 11.6 Å². The lowest BCUT2D eigenvalue weighted by Crippen LogP contribution is -2.15. The third-order valence-electron chi connectivity index (χ3n) is 2.86. The van der Waals surface area contributed by atoms with E-state index in [0.29, 0.717) is 5.69 Å². The highest BCUT2D eigenvalue weighted by Crippen LogP contribution is 2.28. The van der Waals surface area contributed by atoms with Crippen LogP contribution in [-0.4, -0.2) is 10.8 Å². The molecule has 0 radical (unpaired) electrons. The van der Waals surface area contributed by atoms with Gasteiger partial charge in [-0.3, -0.25) is 14.9 Å². The van der Waals surface area contributed by atoms with E-state index in [2.05, 4.69) is 5.32 Å². The molecule has 0 unspecified atom stereocenters. The van der Waals surface area contributed by atoms with Crippen LogP contribution in [0.15, 0.2) is 36.4 Å². The molecule has 0 atom stereocenters. The van der Waals surface area contributed by atoms with Gasteiger partial charge in [-0.1, -0.05) is 23.2 Å². The Bertz CT molecular complexity index is 731. The topological polar surface area (TPSA) is 98.3 Å². The Morgan fingerprint density at radius 2 is 2.00 bits per heavy atom. The molecule has 1 amide bonds. The zero-order valence-electron chi connectivity index (χ0n) is 11.1. The van der Waals surface area contributed by atoms with E-state index in [-0.39, 0.29) is 22.0 Å². The lowest BCUT2D eigenvalue weighted by atomic mass is 10.1. The third-order valence-corrected chi connectivity index (χ3v) is 3.09. The molecule has 2 rings (SSSR count). The van der Waals surface area contributed by atoms with Crippen LogP contribution in [0.1, 0.15) is 15.9 Å². The molecule has 3 N–H and O–H groups in total. The van der Waals surface area contributed by atoms with Crippen LogP contribution in [0.3, 0.4) is 0 Å². The molecule has 0 bridgehead atoms.